The first-order valence-corrected chi connectivity index (χ1v) is 17.8. The summed E-state index contributed by atoms with van der Waals surface area (Å²) in [5.74, 6) is 0. The molecule has 0 fully saturated rings. The Morgan fingerprint density at radius 1 is 0.420 bits per heavy atom. The summed E-state index contributed by atoms with van der Waals surface area (Å²) < 4.78 is 1.24. The second kappa shape index (κ2) is 11.7. The van der Waals surface area contributed by atoms with Crippen LogP contribution in [-0.4, -0.2) is 4.98 Å². The lowest BCUT2D eigenvalue weighted by Crippen LogP contribution is -2.10. The van der Waals surface area contributed by atoms with Gasteiger partial charge in [-0.15, -0.1) is 11.3 Å². The van der Waals surface area contributed by atoms with Gasteiger partial charge in [-0.2, -0.15) is 0 Å². The molecule has 0 atom stereocenters. The van der Waals surface area contributed by atoms with Gasteiger partial charge in [0.15, 0.2) is 0 Å². The van der Waals surface area contributed by atoms with Crippen LogP contribution in [0.4, 0.5) is 17.1 Å². The van der Waals surface area contributed by atoms with E-state index in [9.17, 15) is 0 Å². The van der Waals surface area contributed by atoms with Crippen molar-refractivity contribution in [1.82, 2.24) is 4.98 Å². The molecule has 0 saturated carbocycles. The predicted octanol–water partition coefficient (Wildman–Crippen LogP) is 13.7. The summed E-state index contributed by atoms with van der Waals surface area (Å²) in [6.45, 7) is 0. The quantitative estimate of drug-likeness (QED) is 0.172. The molecule has 0 aliphatic heterocycles. The van der Waals surface area contributed by atoms with Crippen molar-refractivity contribution in [1.29, 1.82) is 0 Å². The highest BCUT2D eigenvalue weighted by Crippen LogP contribution is 2.45. The molecule has 0 radical (unpaired) electrons. The highest BCUT2D eigenvalue weighted by molar-refractivity contribution is 7.25. The number of anilines is 3. The van der Waals surface area contributed by atoms with Crippen LogP contribution >= 0.6 is 11.3 Å². The van der Waals surface area contributed by atoms with Crippen molar-refractivity contribution in [2.75, 3.05) is 4.90 Å². The molecule has 10 rings (SSSR count). The maximum absolute atomic E-state index is 4.82. The standard InChI is InChI=1S/C47H30N2S/c1-2-10-31(11-3-1)32-18-23-35(24-19-32)49(44-28-29-48-47-46(44)41-16-8-9-17-45(41)50-47)36-25-20-34(21-26-36)42-30-43-37-13-5-4-12-33(37)22-27-40(43)38-14-6-7-15-39(38)42/h1-30H. The molecule has 2 aromatic heterocycles. The molecule has 0 bridgehead atoms. The number of nitrogens with zero attached hydrogens (tertiary/aromatic N) is 2. The van der Waals surface area contributed by atoms with E-state index in [1.165, 1.54) is 70.0 Å². The van der Waals surface area contributed by atoms with Crippen molar-refractivity contribution in [2.45, 2.75) is 0 Å². The van der Waals surface area contributed by atoms with Gasteiger partial charge in [0.05, 0.1) is 5.69 Å². The molecule has 2 nitrogen and oxygen atoms in total. The van der Waals surface area contributed by atoms with Crippen LogP contribution in [0.25, 0.3) is 74.9 Å². The Hall–Kier alpha value is -6.29. The Kier molecular flexibility index (Phi) is 6.71. The third-order valence-electron chi connectivity index (χ3n) is 9.93. The fourth-order valence-corrected chi connectivity index (χ4v) is 8.63. The fraction of sp³-hybridized carbons (Fsp3) is 0. The van der Waals surface area contributed by atoms with E-state index in [4.69, 9.17) is 4.98 Å². The van der Waals surface area contributed by atoms with Crippen LogP contribution in [0.3, 0.4) is 0 Å². The van der Waals surface area contributed by atoms with Crippen LogP contribution in [0.5, 0.6) is 0 Å². The number of hydrogen-bond acceptors (Lipinski definition) is 3. The lowest BCUT2D eigenvalue weighted by molar-refractivity contribution is 1.29. The molecular formula is C47H30N2S. The van der Waals surface area contributed by atoms with Crippen LogP contribution < -0.4 is 4.90 Å². The van der Waals surface area contributed by atoms with Crippen molar-refractivity contribution in [3.05, 3.63) is 182 Å². The SMILES string of the molecule is c1ccc(-c2ccc(N(c3ccc(-c4cc5c6ccccc6ccc5c5ccccc45)cc3)c3ccnc4sc5ccccc5c34)cc2)cc1. The Labute approximate surface area is 294 Å². The molecule has 0 aliphatic carbocycles. The smallest absolute Gasteiger partial charge is 0.126 e. The molecule has 234 valence electrons. The Bertz CT molecular complexity index is 2850. The van der Waals surface area contributed by atoms with Gasteiger partial charge >= 0.3 is 0 Å². The lowest BCUT2D eigenvalue weighted by atomic mass is 9.91. The van der Waals surface area contributed by atoms with Crippen molar-refractivity contribution in [3.63, 3.8) is 0 Å². The third kappa shape index (κ3) is 4.67. The van der Waals surface area contributed by atoms with Gasteiger partial charge in [0, 0.05) is 33.0 Å². The Balaban J connectivity index is 1.16. The fourth-order valence-electron chi connectivity index (χ4n) is 7.57. The van der Waals surface area contributed by atoms with Gasteiger partial charge in [-0.05, 0) is 97.0 Å². The number of aromatic nitrogens is 1. The van der Waals surface area contributed by atoms with Crippen molar-refractivity contribution in [2.24, 2.45) is 0 Å². The molecule has 0 aliphatic rings. The maximum atomic E-state index is 4.82. The first-order valence-electron chi connectivity index (χ1n) is 17.0. The summed E-state index contributed by atoms with van der Waals surface area (Å²) in [4.78, 5) is 8.25. The molecule has 0 unspecified atom stereocenters. The highest BCUT2D eigenvalue weighted by atomic mass is 32.1. The average molecular weight is 655 g/mol. The van der Waals surface area contributed by atoms with E-state index in [-0.39, 0.29) is 0 Å². The maximum Gasteiger partial charge on any atom is 0.126 e. The average Bonchev–Trinajstić information content (AvgIpc) is 3.58. The number of thiophene rings is 1. The molecule has 10 aromatic rings. The third-order valence-corrected chi connectivity index (χ3v) is 11.0. The van der Waals surface area contributed by atoms with Crippen molar-refractivity contribution >= 4 is 81.0 Å². The molecule has 0 spiro atoms. The second-order valence-electron chi connectivity index (χ2n) is 12.8. The molecule has 2 heterocycles. The summed E-state index contributed by atoms with van der Waals surface area (Å²) in [6, 6.07) is 63.8. The summed E-state index contributed by atoms with van der Waals surface area (Å²) in [5, 5.41) is 10.1. The minimum absolute atomic E-state index is 1.04. The zero-order valence-electron chi connectivity index (χ0n) is 27.1. The lowest BCUT2D eigenvalue weighted by Gasteiger charge is -2.27. The molecule has 3 heteroatoms. The van der Waals surface area contributed by atoms with Gasteiger partial charge in [0.1, 0.15) is 4.83 Å². The summed E-state index contributed by atoms with van der Waals surface area (Å²) in [5.41, 5.74) is 8.16. The van der Waals surface area contributed by atoms with Gasteiger partial charge < -0.3 is 4.90 Å². The molecule has 0 amide bonds. The number of fused-ring (bicyclic) bond motifs is 8. The van der Waals surface area contributed by atoms with Gasteiger partial charge in [-0.3, -0.25) is 0 Å². The first kappa shape index (κ1) is 28.7. The summed E-state index contributed by atoms with van der Waals surface area (Å²) >= 11 is 1.75. The largest absolute Gasteiger partial charge is 0.310 e. The van der Waals surface area contributed by atoms with E-state index in [0.717, 1.165) is 21.9 Å². The Morgan fingerprint density at radius 2 is 1.02 bits per heavy atom. The van der Waals surface area contributed by atoms with E-state index >= 15 is 0 Å². The van der Waals surface area contributed by atoms with Crippen LogP contribution in [0.15, 0.2) is 182 Å². The van der Waals surface area contributed by atoms with Crippen LogP contribution in [-0.2, 0) is 0 Å². The van der Waals surface area contributed by atoms with E-state index in [1.54, 1.807) is 11.3 Å². The van der Waals surface area contributed by atoms with E-state index in [1.807, 2.05) is 6.20 Å². The molecular weight excluding hydrogens is 625 g/mol. The normalized spacial score (nSPS) is 11.6. The van der Waals surface area contributed by atoms with E-state index in [2.05, 4.69) is 181 Å². The molecule has 0 saturated heterocycles. The number of benzene rings is 8. The first-order chi connectivity index (χ1) is 24.8. The Morgan fingerprint density at radius 3 is 1.80 bits per heavy atom. The van der Waals surface area contributed by atoms with Gasteiger partial charge in [-0.25, -0.2) is 4.98 Å². The number of hydrogen-bond donors (Lipinski definition) is 0. The van der Waals surface area contributed by atoms with Gasteiger partial charge in [-0.1, -0.05) is 133 Å². The molecule has 50 heavy (non-hydrogen) atoms. The second-order valence-corrected chi connectivity index (χ2v) is 13.8. The van der Waals surface area contributed by atoms with Crippen LogP contribution in [0.2, 0.25) is 0 Å². The van der Waals surface area contributed by atoms with Crippen LogP contribution in [0, 0.1) is 0 Å². The highest BCUT2D eigenvalue weighted by Gasteiger charge is 2.20. The van der Waals surface area contributed by atoms with Gasteiger partial charge in [0.25, 0.3) is 0 Å². The molecule has 8 aromatic carbocycles. The zero-order chi connectivity index (χ0) is 33.0. The van der Waals surface area contributed by atoms with E-state index in [0.29, 0.717) is 0 Å². The van der Waals surface area contributed by atoms with Crippen LogP contribution in [0.1, 0.15) is 0 Å². The predicted molar refractivity (Wildman–Crippen MR) is 215 cm³/mol. The van der Waals surface area contributed by atoms with Crippen molar-refractivity contribution in [3.8, 4) is 22.3 Å². The molecule has 0 N–H and O–H groups in total. The van der Waals surface area contributed by atoms with E-state index < -0.39 is 0 Å². The van der Waals surface area contributed by atoms with Gasteiger partial charge in [0.2, 0.25) is 0 Å². The number of pyridine rings is 1. The topological polar surface area (TPSA) is 16.1 Å². The van der Waals surface area contributed by atoms with Crippen molar-refractivity contribution < 1.29 is 0 Å². The number of rotatable bonds is 5. The minimum atomic E-state index is 1.04. The summed E-state index contributed by atoms with van der Waals surface area (Å²) in [7, 11) is 0. The minimum Gasteiger partial charge on any atom is -0.310 e. The zero-order valence-corrected chi connectivity index (χ0v) is 27.9. The summed E-state index contributed by atoms with van der Waals surface area (Å²) in [6.07, 6.45) is 1.94. The monoisotopic (exact) mass is 654 g/mol.